The maximum Gasteiger partial charge on any atom is 0.104 e. The summed E-state index contributed by atoms with van der Waals surface area (Å²) in [4.78, 5) is 0. The second kappa shape index (κ2) is 34.9. The first-order chi connectivity index (χ1) is 21.9. The van der Waals surface area contributed by atoms with E-state index >= 15 is 0 Å². The molecule has 44 heavy (non-hydrogen) atoms. The maximum atomic E-state index is 6.23. The average Bonchev–Trinajstić information content (AvgIpc) is 3.05. The van der Waals surface area contributed by atoms with Gasteiger partial charge in [0.1, 0.15) is 6.10 Å². The van der Waals surface area contributed by atoms with Gasteiger partial charge in [0.15, 0.2) is 0 Å². The molecule has 0 N–H and O–H groups in total. The molecule has 258 valence electrons. The van der Waals surface area contributed by atoms with Crippen molar-refractivity contribution in [3.8, 4) is 0 Å². The minimum absolute atomic E-state index is 0.00848. The van der Waals surface area contributed by atoms with Crippen LogP contribution in [0.3, 0.4) is 0 Å². The largest absolute Gasteiger partial charge is 0.379 e. The van der Waals surface area contributed by atoms with Crippen molar-refractivity contribution >= 4 is 0 Å². The predicted octanol–water partition coefficient (Wildman–Crippen LogP) is 12.0. The SMILES string of the molecule is CCCCCCCCCCCCCCOCC(COCCOCc1ccccc1)OCCCCCCCCCCCCCC. The zero-order valence-corrected chi connectivity index (χ0v) is 29.5. The third-order valence-corrected chi connectivity index (χ3v) is 8.58. The van der Waals surface area contributed by atoms with E-state index in [0.29, 0.717) is 33.0 Å². The fourth-order valence-electron chi connectivity index (χ4n) is 5.69. The van der Waals surface area contributed by atoms with Crippen LogP contribution in [-0.4, -0.2) is 45.7 Å². The molecule has 0 bridgehead atoms. The Bertz CT molecular complexity index is 652. The minimum Gasteiger partial charge on any atom is -0.379 e. The highest BCUT2D eigenvalue weighted by Crippen LogP contribution is 2.14. The molecule has 0 saturated carbocycles. The summed E-state index contributed by atoms with van der Waals surface area (Å²) >= 11 is 0. The Hall–Kier alpha value is -0.940. The molecule has 1 atom stereocenters. The average molecular weight is 619 g/mol. The van der Waals surface area contributed by atoms with E-state index in [4.69, 9.17) is 18.9 Å². The van der Waals surface area contributed by atoms with Crippen molar-refractivity contribution < 1.29 is 18.9 Å². The summed E-state index contributed by atoms with van der Waals surface area (Å²) in [5, 5.41) is 0. The van der Waals surface area contributed by atoms with E-state index in [9.17, 15) is 0 Å². The van der Waals surface area contributed by atoms with Gasteiger partial charge < -0.3 is 18.9 Å². The molecular formula is C40H74O4. The molecule has 0 amide bonds. The molecule has 1 rings (SSSR count). The van der Waals surface area contributed by atoms with Gasteiger partial charge in [-0.1, -0.05) is 185 Å². The zero-order valence-electron chi connectivity index (χ0n) is 29.5. The normalized spacial score (nSPS) is 12.2. The van der Waals surface area contributed by atoms with Crippen molar-refractivity contribution in [3.63, 3.8) is 0 Å². The third-order valence-electron chi connectivity index (χ3n) is 8.58. The Morgan fingerprint density at radius 3 is 1.27 bits per heavy atom. The van der Waals surface area contributed by atoms with Crippen LogP contribution in [0.2, 0.25) is 0 Å². The Morgan fingerprint density at radius 2 is 0.795 bits per heavy atom. The van der Waals surface area contributed by atoms with Crippen molar-refractivity contribution in [1.82, 2.24) is 0 Å². The van der Waals surface area contributed by atoms with Crippen LogP contribution < -0.4 is 0 Å². The monoisotopic (exact) mass is 619 g/mol. The smallest absolute Gasteiger partial charge is 0.104 e. The van der Waals surface area contributed by atoms with E-state index in [-0.39, 0.29) is 6.10 Å². The molecular weight excluding hydrogens is 544 g/mol. The van der Waals surface area contributed by atoms with Gasteiger partial charge in [-0.15, -0.1) is 0 Å². The fourth-order valence-corrected chi connectivity index (χ4v) is 5.69. The molecule has 4 nitrogen and oxygen atoms in total. The van der Waals surface area contributed by atoms with E-state index in [1.165, 1.54) is 147 Å². The Labute approximate surface area is 274 Å². The lowest BCUT2D eigenvalue weighted by molar-refractivity contribution is -0.0688. The fraction of sp³-hybridized carbons (Fsp3) is 0.850. The highest BCUT2D eigenvalue weighted by Gasteiger charge is 2.10. The van der Waals surface area contributed by atoms with Gasteiger partial charge in [-0.2, -0.15) is 0 Å². The van der Waals surface area contributed by atoms with Crippen molar-refractivity contribution in [2.45, 2.75) is 181 Å². The Morgan fingerprint density at radius 1 is 0.409 bits per heavy atom. The Kier molecular flexibility index (Phi) is 32.6. The van der Waals surface area contributed by atoms with Gasteiger partial charge in [0, 0.05) is 13.2 Å². The lowest BCUT2D eigenvalue weighted by atomic mass is 10.1. The number of rotatable bonds is 36. The van der Waals surface area contributed by atoms with E-state index < -0.39 is 0 Å². The molecule has 0 aliphatic rings. The number of benzene rings is 1. The summed E-state index contributed by atoms with van der Waals surface area (Å²) in [5.41, 5.74) is 1.20. The standard InChI is InChI=1S/C40H74O4/c1-3-5-7-9-11-13-15-17-19-21-23-28-32-41-37-40(38-43-35-34-42-36-39-30-26-25-27-31-39)44-33-29-24-22-20-18-16-14-12-10-8-6-4-2/h25-27,30-31,40H,3-24,28-29,32-38H2,1-2H3. The summed E-state index contributed by atoms with van der Waals surface area (Å²) in [6, 6.07) is 10.3. The molecule has 0 saturated heterocycles. The summed E-state index contributed by atoms with van der Waals surface area (Å²) in [6.45, 7) is 9.23. The molecule has 0 spiro atoms. The topological polar surface area (TPSA) is 36.9 Å². The first-order valence-corrected chi connectivity index (χ1v) is 19.3. The second-order valence-corrected chi connectivity index (χ2v) is 13.0. The van der Waals surface area contributed by atoms with Crippen molar-refractivity contribution in [3.05, 3.63) is 35.9 Å². The van der Waals surface area contributed by atoms with Crippen LogP contribution in [-0.2, 0) is 25.6 Å². The number of unbranched alkanes of at least 4 members (excludes halogenated alkanes) is 22. The van der Waals surface area contributed by atoms with Gasteiger partial charge in [0.2, 0.25) is 0 Å². The molecule has 1 aromatic rings. The van der Waals surface area contributed by atoms with Crippen molar-refractivity contribution in [2.75, 3.05) is 39.6 Å². The maximum absolute atomic E-state index is 6.23. The number of hydrogen-bond acceptors (Lipinski definition) is 4. The molecule has 0 aliphatic carbocycles. The van der Waals surface area contributed by atoms with Crippen LogP contribution in [0.4, 0.5) is 0 Å². The molecule has 1 unspecified atom stereocenters. The van der Waals surface area contributed by atoms with Gasteiger partial charge >= 0.3 is 0 Å². The van der Waals surface area contributed by atoms with E-state index in [2.05, 4.69) is 26.0 Å². The number of ether oxygens (including phenoxy) is 4. The molecule has 0 aliphatic heterocycles. The molecule has 0 heterocycles. The van der Waals surface area contributed by atoms with Crippen LogP contribution >= 0.6 is 0 Å². The number of hydrogen-bond donors (Lipinski definition) is 0. The molecule has 0 aromatic heterocycles. The van der Waals surface area contributed by atoms with Gasteiger partial charge in [-0.3, -0.25) is 0 Å². The summed E-state index contributed by atoms with van der Waals surface area (Å²) in [7, 11) is 0. The van der Waals surface area contributed by atoms with Crippen LogP contribution in [0, 0.1) is 0 Å². The zero-order chi connectivity index (χ0) is 31.4. The predicted molar refractivity (Wildman–Crippen MR) is 190 cm³/mol. The van der Waals surface area contributed by atoms with Gasteiger partial charge in [0.25, 0.3) is 0 Å². The summed E-state index contributed by atoms with van der Waals surface area (Å²) in [6.07, 6.45) is 32.8. The highest BCUT2D eigenvalue weighted by atomic mass is 16.6. The van der Waals surface area contributed by atoms with Crippen molar-refractivity contribution in [2.24, 2.45) is 0 Å². The van der Waals surface area contributed by atoms with Crippen LogP contribution in [0.15, 0.2) is 30.3 Å². The van der Waals surface area contributed by atoms with Crippen LogP contribution in [0.25, 0.3) is 0 Å². The van der Waals surface area contributed by atoms with E-state index in [0.717, 1.165) is 26.1 Å². The Balaban J connectivity index is 2.08. The lowest BCUT2D eigenvalue weighted by Gasteiger charge is -2.18. The van der Waals surface area contributed by atoms with Crippen LogP contribution in [0.1, 0.15) is 174 Å². The summed E-state index contributed by atoms with van der Waals surface area (Å²) in [5.74, 6) is 0. The first kappa shape index (κ1) is 41.1. The first-order valence-electron chi connectivity index (χ1n) is 19.3. The molecule has 0 fully saturated rings. The van der Waals surface area contributed by atoms with Gasteiger partial charge in [-0.05, 0) is 18.4 Å². The molecule has 1 aromatic carbocycles. The highest BCUT2D eigenvalue weighted by molar-refractivity contribution is 5.13. The van der Waals surface area contributed by atoms with Gasteiger partial charge in [-0.25, -0.2) is 0 Å². The van der Waals surface area contributed by atoms with E-state index in [1.807, 2.05) is 18.2 Å². The quantitative estimate of drug-likeness (QED) is 0.0701. The third kappa shape index (κ3) is 29.8. The lowest BCUT2D eigenvalue weighted by Crippen LogP contribution is -2.27. The molecule has 4 heteroatoms. The molecule has 0 radical (unpaired) electrons. The second-order valence-electron chi connectivity index (χ2n) is 13.0. The van der Waals surface area contributed by atoms with Gasteiger partial charge in [0.05, 0.1) is 33.0 Å². The minimum atomic E-state index is 0.00848. The van der Waals surface area contributed by atoms with Crippen LogP contribution in [0.5, 0.6) is 0 Å². The summed E-state index contributed by atoms with van der Waals surface area (Å²) < 4.78 is 24.0. The van der Waals surface area contributed by atoms with E-state index in [1.54, 1.807) is 0 Å². The van der Waals surface area contributed by atoms with Crippen molar-refractivity contribution in [1.29, 1.82) is 0 Å².